The molecule has 1 aromatic rings. The van der Waals surface area contributed by atoms with Crippen molar-refractivity contribution in [1.82, 2.24) is 10.2 Å². The predicted octanol–water partition coefficient (Wildman–Crippen LogP) is 0.847. The molecule has 8 heteroatoms. The Morgan fingerprint density at radius 3 is 2.69 bits per heavy atom. The molecule has 1 heterocycles. The summed E-state index contributed by atoms with van der Waals surface area (Å²) >= 11 is 0. The van der Waals surface area contributed by atoms with E-state index < -0.39 is 16.2 Å². The third-order valence-electron chi connectivity index (χ3n) is 3.60. The zero-order valence-electron chi connectivity index (χ0n) is 15.2. The van der Waals surface area contributed by atoms with Crippen LogP contribution in [0.3, 0.4) is 0 Å². The maximum absolute atomic E-state index is 11.1. The summed E-state index contributed by atoms with van der Waals surface area (Å²) in [6.45, 7) is 6.05. The van der Waals surface area contributed by atoms with Crippen LogP contribution < -0.4 is 10.1 Å². The van der Waals surface area contributed by atoms with Crippen molar-refractivity contribution >= 4 is 21.6 Å². The summed E-state index contributed by atoms with van der Waals surface area (Å²) in [4.78, 5) is 13.5. The molecule has 0 spiro atoms. The van der Waals surface area contributed by atoms with Gasteiger partial charge in [-0.25, -0.2) is 0 Å². The van der Waals surface area contributed by atoms with Gasteiger partial charge in [0.25, 0.3) is 5.91 Å². The number of nitrogens with zero attached hydrogens (tertiary/aromatic N) is 1. The largest absolute Gasteiger partial charge is 0.494 e. The molecule has 1 amide bonds. The Morgan fingerprint density at radius 1 is 1.35 bits per heavy atom. The molecule has 0 aromatic heterocycles. The molecule has 0 saturated carbocycles. The standard InChI is InChI=1S/C16H22N2O4S.C2H6O/c19-16(13-23(20)21)17-7-4-10-22-15-6-3-5-14(11-15)12-18-8-1-2-9-18;1-2-3/h3,5-6,11,13H,1-2,4,7-10,12H2,(H,17,19);3H,2H2,1H3. The maximum atomic E-state index is 11.1. The second-order valence-corrected chi connectivity index (χ2v) is 6.57. The first-order valence-electron chi connectivity index (χ1n) is 8.81. The fraction of sp³-hybridized carbons (Fsp3) is 0.556. The zero-order chi connectivity index (χ0) is 19.2. The monoisotopic (exact) mass is 384 g/mol. The van der Waals surface area contributed by atoms with Crippen molar-refractivity contribution in [2.45, 2.75) is 32.7 Å². The number of rotatable bonds is 8. The smallest absolute Gasteiger partial charge is 0.259 e. The number of carbonyl (C=O) groups is 1. The van der Waals surface area contributed by atoms with Crippen molar-refractivity contribution in [2.75, 3.05) is 32.8 Å². The lowest BCUT2D eigenvalue weighted by atomic mass is 10.2. The lowest BCUT2D eigenvalue weighted by Gasteiger charge is -2.15. The average molecular weight is 384 g/mol. The van der Waals surface area contributed by atoms with E-state index in [2.05, 4.69) is 16.3 Å². The highest BCUT2D eigenvalue weighted by Gasteiger charge is 2.11. The molecule has 146 valence electrons. The molecule has 0 atom stereocenters. The Balaban J connectivity index is 0.00000105. The van der Waals surface area contributed by atoms with E-state index in [1.54, 1.807) is 6.92 Å². The van der Waals surface area contributed by atoms with E-state index in [-0.39, 0.29) is 6.61 Å². The number of aliphatic hydroxyl groups is 1. The van der Waals surface area contributed by atoms with Gasteiger partial charge in [-0.2, -0.15) is 8.42 Å². The van der Waals surface area contributed by atoms with Gasteiger partial charge in [-0.15, -0.1) is 0 Å². The van der Waals surface area contributed by atoms with Gasteiger partial charge in [0.1, 0.15) is 11.1 Å². The highest BCUT2D eigenvalue weighted by molar-refractivity contribution is 7.73. The normalized spacial score (nSPS) is 13.5. The average Bonchev–Trinajstić information content (AvgIpc) is 3.08. The van der Waals surface area contributed by atoms with Crippen LogP contribution in [0.4, 0.5) is 0 Å². The van der Waals surface area contributed by atoms with E-state index >= 15 is 0 Å². The number of ether oxygens (including phenoxy) is 1. The van der Waals surface area contributed by atoms with Gasteiger partial charge < -0.3 is 15.2 Å². The van der Waals surface area contributed by atoms with Crippen molar-refractivity contribution in [3.05, 3.63) is 29.8 Å². The molecule has 1 fully saturated rings. The number of carbonyl (C=O) groups excluding carboxylic acids is 1. The van der Waals surface area contributed by atoms with E-state index in [1.807, 2.05) is 18.2 Å². The lowest BCUT2D eigenvalue weighted by Crippen LogP contribution is -2.26. The second-order valence-electron chi connectivity index (χ2n) is 5.82. The van der Waals surface area contributed by atoms with Gasteiger partial charge in [-0.05, 0) is 57.0 Å². The summed E-state index contributed by atoms with van der Waals surface area (Å²) in [5.74, 6) is 0.214. The minimum absolute atomic E-state index is 0.250. The molecule has 2 N–H and O–H groups in total. The van der Waals surface area contributed by atoms with Gasteiger partial charge in [0.2, 0.25) is 10.3 Å². The zero-order valence-corrected chi connectivity index (χ0v) is 16.0. The second kappa shape index (κ2) is 13.3. The molecule has 26 heavy (non-hydrogen) atoms. The van der Waals surface area contributed by atoms with Crippen molar-refractivity contribution in [3.8, 4) is 5.75 Å². The number of likely N-dealkylation sites (tertiary alicyclic amines) is 1. The molecule has 0 radical (unpaired) electrons. The molecule has 1 aliphatic rings. The summed E-state index contributed by atoms with van der Waals surface area (Å²) in [5, 5.41) is 10.7. The lowest BCUT2D eigenvalue weighted by molar-refractivity contribution is -0.114. The van der Waals surface area contributed by atoms with Crippen LogP contribution in [0.5, 0.6) is 5.75 Å². The molecule has 0 aliphatic carbocycles. The summed E-state index contributed by atoms with van der Waals surface area (Å²) in [6, 6.07) is 8.05. The van der Waals surface area contributed by atoms with E-state index in [4.69, 9.17) is 9.84 Å². The number of benzene rings is 1. The van der Waals surface area contributed by atoms with E-state index in [9.17, 15) is 13.2 Å². The molecule has 0 bridgehead atoms. The number of amides is 1. The molecular weight excluding hydrogens is 356 g/mol. The summed E-state index contributed by atoms with van der Waals surface area (Å²) in [6.07, 6.45) is 3.17. The van der Waals surface area contributed by atoms with Gasteiger partial charge in [-0.3, -0.25) is 9.69 Å². The van der Waals surface area contributed by atoms with E-state index in [0.29, 0.717) is 24.9 Å². The van der Waals surface area contributed by atoms with Crippen molar-refractivity contribution < 1.29 is 23.1 Å². The van der Waals surface area contributed by atoms with Crippen LogP contribution in [0.25, 0.3) is 0 Å². The van der Waals surface area contributed by atoms with Gasteiger partial charge in [0.05, 0.1) is 6.61 Å². The fourth-order valence-electron chi connectivity index (χ4n) is 2.54. The number of hydrogen-bond donors (Lipinski definition) is 2. The molecule has 0 unspecified atom stereocenters. The molecule has 1 saturated heterocycles. The van der Waals surface area contributed by atoms with Crippen LogP contribution in [0.15, 0.2) is 24.3 Å². The molecule has 2 rings (SSSR count). The van der Waals surface area contributed by atoms with Crippen LogP contribution in [0.1, 0.15) is 31.7 Å². The minimum atomic E-state index is -2.46. The molecule has 1 aliphatic heterocycles. The first kappa shape index (κ1) is 22.1. The predicted molar refractivity (Wildman–Crippen MR) is 102 cm³/mol. The summed E-state index contributed by atoms with van der Waals surface area (Å²) in [7, 11) is -2.46. The first-order chi connectivity index (χ1) is 12.5. The van der Waals surface area contributed by atoms with Gasteiger partial charge >= 0.3 is 0 Å². The SMILES string of the molecule is CCO.O=C(C=S(=O)=O)NCCCOc1cccc(CN2CCCC2)c1. The third-order valence-corrected chi connectivity index (χ3v) is 4.00. The van der Waals surface area contributed by atoms with Gasteiger partial charge in [0.15, 0.2) is 0 Å². The third kappa shape index (κ3) is 10.2. The Kier molecular flexibility index (Phi) is 11.3. The quantitative estimate of drug-likeness (QED) is 0.510. The van der Waals surface area contributed by atoms with Gasteiger partial charge in [-0.1, -0.05) is 12.1 Å². The number of nitrogens with one attached hydrogen (secondary N) is 1. The first-order valence-corrected chi connectivity index (χ1v) is 9.94. The van der Waals surface area contributed by atoms with Crippen LogP contribution >= 0.6 is 0 Å². The Labute approximate surface area is 156 Å². The van der Waals surface area contributed by atoms with Crippen LogP contribution in [-0.4, -0.2) is 62.5 Å². The Hall–Kier alpha value is -1.90. The van der Waals surface area contributed by atoms with Gasteiger partial charge in [0, 0.05) is 19.7 Å². The Morgan fingerprint density at radius 2 is 2.04 bits per heavy atom. The molecular formula is C18H28N2O5S. The number of hydrogen-bond acceptors (Lipinski definition) is 6. The van der Waals surface area contributed by atoms with E-state index in [0.717, 1.165) is 25.4 Å². The van der Waals surface area contributed by atoms with Crippen LogP contribution in [0.2, 0.25) is 0 Å². The van der Waals surface area contributed by atoms with E-state index in [1.165, 1.54) is 18.4 Å². The molecule has 7 nitrogen and oxygen atoms in total. The highest BCUT2D eigenvalue weighted by Crippen LogP contribution is 2.17. The van der Waals surface area contributed by atoms with Crippen molar-refractivity contribution in [3.63, 3.8) is 0 Å². The topological polar surface area (TPSA) is 95.9 Å². The van der Waals surface area contributed by atoms with Crippen LogP contribution in [0, 0.1) is 0 Å². The fourth-order valence-corrected chi connectivity index (χ4v) is 2.79. The Bertz CT molecular complexity index is 662. The minimum Gasteiger partial charge on any atom is -0.494 e. The summed E-state index contributed by atoms with van der Waals surface area (Å²) < 4.78 is 26.3. The van der Waals surface area contributed by atoms with Crippen molar-refractivity contribution in [2.24, 2.45) is 0 Å². The highest BCUT2D eigenvalue weighted by atomic mass is 32.2. The maximum Gasteiger partial charge on any atom is 0.259 e. The van der Waals surface area contributed by atoms with Crippen molar-refractivity contribution in [1.29, 1.82) is 0 Å². The number of aliphatic hydroxyl groups excluding tert-OH is 1. The van der Waals surface area contributed by atoms with Crippen LogP contribution in [-0.2, 0) is 21.6 Å². The molecule has 1 aromatic carbocycles. The summed E-state index contributed by atoms with van der Waals surface area (Å²) in [5.41, 5.74) is 1.24.